The van der Waals surface area contributed by atoms with E-state index in [-0.39, 0.29) is 5.91 Å². The smallest absolute Gasteiger partial charge is 0.221 e. The third kappa shape index (κ3) is 1.34. The average Bonchev–Trinajstić information content (AvgIpc) is 2.15. The van der Waals surface area contributed by atoms with Gasteiger partial charge in [-0.05, 0) is 6.92 Å². The summed E-state index contributed by atoms with van der Waals surface area (Å²) in [7, 11) is 0. The molecule has 1 amide bonds. The molecule has 1 heterocycles. The Kier molecular flexibility index (Phi) is 1.71. The van der Waals surface area contributed by atoms with E-state index in [1.54, 1.807) is 6.92 Å². The lowest BCUT2D eigenvalue weighted by Gasteiger charge is -1.94. The van der Waals surface area contributed by atoms with Crippen molar-refractivity contribution in [3.8, 4) is 0 Å². The molecule has 0 aliphatic carbocycles. The number of carbonyl (C=O) groups is 1. The molecule has 0 spiro atoms. The molecule has 0 saturated heterocycles. The minimum absolute atomic E-state index is 0.119. The highest BCUT2D eigenvalue weighted by Crippen LogP contribution is 2.10. The maximum Gasteiger partial charge on any atom is 0.221 e. The van der Waals surface area contributed by atoms with E-state index in [4.69, 9.17) is 0 Å². The lowest BCUT2D eigenvalue weighted by molar-refractivity contribution is -0.114. The molecule has 0 fully saturated rings. The van der Waals surface area contributed by atoms with Gasteiger partial charge in [-0.3, -0.25) is 4.79 Å². The first-order valence-corrected chi connectivity index (χ1v) is 2.88. The first-order valence-electron chi connectivity index (χ1n) is 2.88. The molecule has 4 nitrogen and oxygen atoms in total. The minimum atomic E-state index is -0.119. The largest absolute Gasteiger partial charge is 0.362 e. The number of aromatic nitrogens is 1. The van der Waals surface area contributed by atoms with Gasteiger partial charge in [0.05, 0.1) is 0 Å². The zero-order valence-electron chi connectivity index (χ0n) is 5.84. The van der Waals surface area contributed by atoms with Crippen LogP contribution in [0.1, 0.15) is 12.6 Å². The quantitative estimate of drug-likeness (QED) is 0.631. The van der Waals surface area contributed by atoms with Gasteiger partial charge < -0.3 is 9.84 Å². The van der Waals surface area contributed by atoms with Gasteiger partial charge in [-0.25, -0.2) is 0 Å². The lowest BCUT2D eigenvalue weighted by Crippen LogP contribution is -2.05. The van der Waals surface area contributed by atoms with Crippen LogP contribution in [0.4, 0.5) is 5.69 Å². The second-order valence-electron chi connectivity index (χ2n) is 1.99. The Labute approximate surface area is 58.2 Å². The van der Waals surface area contributed by atoms with Crippen LogP contribution in [0.5, 0.6) is 0 Å². The third-order valence-electron chi connectivity index (χ3n) is 1.06. The Balaban J connectivity index is 2.74. The van der Waals surface area contributed by atoms with Crippen LogP contribution < -0.4 is 5.32 Å². The number of hydrogen-bond donors (Lipinski definition) is 1. The zero-order chi connectivity index (χ0) is 7.56. The van der Waals surface area contributed by atoms with E-state index >= 15 is 0 Å². The predicted octanol–water partition coefficient (Wildman–Crippen LogP) is 0.941. The minimum Gasteiger partial charge on any atom is -0.362 e. The van der Waals surface area contributed by atoms with Gasteiger partial charge in [0.2, 0.25) is 5.91 Å². The standard InChI is InChI=1S/C6H8N2O2/c1-4-6(3-10-8-4)7-5(2)9/h3H,1-2H3,(H,7,9). The Bertz CT molecular complexity index is 242. The van der Waals surface area contributed by atoms with E-state index in [0.717, 1.165) is 0 Å². The molecule has 54 valence electrons. The summed E-state index contributed by atoms with van der Waals surface area (Å²) in [6, 6.07) is 0. The van der Waals surface area contributed by atoms with Gasteiger partial charge in [-0.2, -0.15) is 0 Å². The van der Waals surface area contributed by atoms with Crippen LogP contribution >= 0.6 is 0 Å². The highest BCUT2D eigenvalue weighted by molar-refractivity contribution is 5.88. The average molecular weight is 140 g/mol. The molecule has 0 aliphatic rings. The van der Waals surface area contributed by atoms with Crippen molar-refractivity contribution in [2.75, 3.05) is 5.32 Å². The van der Waals surface area contributed by atoms with Crippen molar-refractivity contribution in [2.24, 2.45) is 0 Å². The summed E-state index contributed by atoms with van der Waals surface area (Å²) in [4.78, 5) is 10.5. The van der Waals surface area contributed by atoms with Crippen molar-refractivity contribution in [3.05, 3.63) is 12.0 Å². The van der Waals surface area contributed by atoms with Crippen LogP contribution in [0.2, 0.25) is 0 Å². The number of amides is 1. The van der Waals surface area contributed by atoms with Crippen molar-refractivity contribution < 1.29 is 9.32 Å². The van der Waals surface area contributed by atoms with E-state index in [1.807, 2.05) is 0 Å². The van der Waals surface area contributed by atoms with Gasteiger partial charge in [0.25, 0.3) is 0 Å². The van der Waals surface area contributed by atoms with E-state index < -0.39 is 0 Å². The van der Waals surface area contributed by atoms with Crippen LogP contribution in [-0.4, -0.2) is 11.1 Å². The van der Waals surface area contributed by atoms with Gasteiger partial charge in [0.15, 0.2) is 0 Å². The lowest BCUT2D eigenvalue weighted by atomic mass is 10.4. The maximum atomic E-state index is 10.5. The van der Waals surface area contributed by atoms with E-state index in [1.165, 1.54) is 13.2 Å². The summed E-state index contributed by atoms with van der Waals surface area (Å²) >= 11 is 0. The zero-order valence-corrected chi connectivity index (χ0v) is 5.84. The monoisotopic (exact) mass is 140 g/mol. The van der Waals surface area contributed by atoms with Crippen LogP contribution in [0.15, 0.2) is 10.8 Å². The van der Waals surface area contributed by atoms with Crippen molar-refractivity contribution in [1.82, 2.24) is 5.16 Å². The summed E-state index contributed by atoms with van der Waals surface area (Å²) in [5.41, 5.74) is 1.32. The maximum absolute atomic E-state index is 10.5. The molecule has 10 heavy (non-hydrogen) atoms. The van der Waals surface area contributed by atoms with Crippen molar-refractivity contribution in [1.29, 1.82) is 0 Å². The second kappa shape index (κ2) is 2.51. The molecule has 4 heteroatoms. The molecule has 1 aromatic rings. The van der Waals surface area contributed by atoms with Gasteiger partial charge in [0.1, 0.15) is 17.6 Å². The molecule has 1 N–H and O–H groups in total. The number of hydrogen-bond acceptors (Lipinski definition) is 3. The van der Waals surface area contributed by atoms with Crippen molar-refractivity contribution in [2.45, 2.75) is 13.8 Å². The molecule has 1 rings (SSSR count). The number of nitrogens with one attached hydrogen (secondary N) is 1. The van der Waals surface area contributed by atoms with Gasteiger partial charge in [0, 0.05) is 6.92 Å². The summed E-state index contributed by atoms with van der Waals surface area (Å²) in [5, 5.41) is 6.14. The Hall–Kier alpha value is -1.32. The predicted molar refractivity (Wildman–Crippen MR) is 35.5 cm³/mol. The Morgan fingerprint density at radius 3 is 2.90 bits per heavy atom. The molecular weight excluding hydrogens is 132 g/mol. The molecule has 0 bridgehead atoms. The SMILES string of the molecule is CC(=O)Nc1conc1C. The summed E-state index contributed by atoms with van der Waals surface area (Å²) < 4.78 is 4.58. The van der Waals surface area contributed by atoms with Gasteiger partial charge in [-0.1, -0.05) is 5.16 Å². The normalized spacial score (nSPS) is 9.40. The van der Waals surface area contributed by atoms with E-state index in [2.05, 4.69) is 15.0 Å². The summed E-state index contributed by atoms with van der Waals surface area (Å²) in [6.45, 7) is 3.20. The van der Waals surface area contributed by atoms with Crippen LogP contribution in [0.3, 0.4) is 0 Å². The Morgan fingerprint density at radius 2 is 2.50 bits per heavy atom. The van der Waals surface area contributed by atoms with Crippen LogP contribution in [0.25, 0.3) is 0 Å². The fraction of sp³-hybridized carbons (Fsp3) is 0.333. The molecule has 1 aromatic heterocycles. The number of aryl methyl sites for hydroxylation is 1. The molecule has 0 aliphatic heterocycles. The summed E-state index contributed by atoms with van der Waals surface area (Å²) in [6.07, 6.45) is 1.40. The summed E-state index contributed by atoms with van der Waals surface area (Å²) in [5.74, 6) is -0.119. The highest BCUT2D eigenvalue weighted by Gasteiger charge is 2.01. The van der Waals surface area contributed by atoms with E-state index in [0.29, 0.717) is 11.4 Å². The molecule has 0 unspecified atom stereocenters. The van der Waals surface area contributed by atoms with Crippen LogP contribution in [0, 0.1) is 6.92 Å². The van der Waals surface area contributed by atoms with Crippen LogP contribution in [-0.2, 0) is 4.79 Å². The number of carbonyl (C=O) groups excluding carboxylic acids is 1. The van der Waals surface area contributed by atoms with Gasteiger partial charge >= 0.3 is 0 Å². The second-order valence-corrected chi connectivity index (χ2v) is 1.99. The third-order valence-corrected chi connectivity index (χ3v) is 1.06. The molecular formula is C6H8N2O2. The van der Waals surface area contributed by atoms with Crippen molar-refractivity contribution in [3.63, 3.8) is 0 Å². The first kappa shape index (κ1) is 6.80. The Morgan fingerprint density at radius 1 is 1.80 bits per heavy atom. The first-order chi connectivity index (χ1) is 4.70. The van der Waals surface area contributed by atoms with E-state index in [9.17, 15) is 4.79 Å². The topological polar surface area (TPSA) is 55.1 Å². The molecule has 0 saturated carbocycles. The molecule has 0 atom stereocenters. The van der Waals surface area contributed by atoms with Crippen molar-refractivity contribution >= 4 is 11.6 Å². The molecule has 0 radical (unpaired) electrons. The number of nitrogens with zero attached hydrogens (tertiary/aromatic N) is 1. The number of anilines is 1. The fourth-order valence-corrected chi connectivity index (χ4v) is 0.602. The fourth-order valence-electron chi connectivity index (χ4n) is 0.602. The number of rotatable bonds is 1. The molecule has 0 aromatic carbocycles. The highest BCUT2D eigenvalue weighted by atomic mass is 16.5. The van der Waals surface area contributed by atoms with Gasteiger partial charge in [-0.15, -0.1) is 0 Å².